The summed E-state index contributed by atoms with van der Waals surface area (Å²) in [5.74, 6) is -0.842. The minimum Gasteiger partial charge on any atom is -0.428 e. The van der Waals surface area contributed by atoms with E-state index in [1.807, 2.05) is 6.92 Å². The standard InChI is InChI=1S/C21H37B2N5O6P2Si/c1-6-37(7-2,8-3)34-13(5)16-17-12(4)15(18(28(17)19(16)29)20(30)31-35-25-22)11-27-9-14(10-27)24-21-32-36(26-23)33-21/h12-14,16-17,21,24-26,35H,6-11H2,1-5H3/t12-,13+,16?,17+,21?,36?/m0/s1. The Kier molecular flexibility index (Phi) is 9.93. The van der Waals surface area contributed by atoms with Gasteiger partial charge in [0.1, 0.15) is 14.7 Å². The number of carbonyl (C=O) groups excluding carboxylic acids is 2. The first-order chi connectivity index (χ1) is 17.7. The molecule has 5 atom stereocenters. The molecule has 3 fully saturated rings. The summed E-state index contributed by atoms with van der Waals surface area (Å²) in [6.45, 7) is 12.8. The van der Waals surface area contributed by atoms with Crippen molar-refractivity contribution in [1.29, 1.82) is 0 Å². The Bertz CT molecular complexity index is 885. The van der Waals surface area contributed by atoms with E-state index in [0.29, 0.717) is 12.2 Å². The van der Waals surface area contributed by atoms with E-state index in [2.05, 4.69) is 47.9 Å². The lowest BCUT2D eigenvalue weighted by molar-refractivity contribution is -0.161. The molecule has 4 heterocycles. The molecule has 0 bridgehead atoms. The zero-order chi connectivity index (χ0) is 26.9. The van der Waals surface area contributed by atoms with Gasteiger partial charge in [0.25, 0.3) is 0 Å². The molecule has 0 aromatic heterocycles. The average Bonchev–Trinajstić information content (AvgIpc) is 3.08. The molecule has 0 saturated carbocycles. The van der Waals surface area contributed by atoms with Gasteiger partial charge in [0.15, 0.2) is 24.3 Å². The largest absolute Gasteiger partial charge is 0.428 e. The third-order valence-corrected chi connectivity index (χ3v) is 14.4. The van der Waals surface area contributed by atoms with Crippen LogP contribution < -0.4 is 15.3 Å². The Morgan fingerprint density at radius 2 is 1.89 bits per heavy atom. The van der Waals surface area contributed by atoms with Crippen molar-refractivity contribution in [3.05, 3.63) is 11.3 Å². The average molecular weight is 567 g/mol. The predicted molar refractivity (Wildman–Crippen MR) is 146 cm³/mol. The maximum absolute atomic E-state index is 13.5. The normalized spacial score (nSPS) is 31.3. The number of nitrogens with zero attached hydrogens (tertiary/aromatic N) is 2. The summed E-state index contributed by atoms with van der Waals surface area (Å²) in [4.78, 5) is 35.2. The van der Waals surface area contributed by atoms with Gasteiger partial charge in [-0.1, -0.05) is 27.7 Å². The first kappa shape index (κ1) is 29.6. The van der Waals surface area contributed by atoms with Gasteiger partial charge >= 0.3 is 5.97 Å². The number of hydrogen-bond acceptors (Lipinski definition) is 10. The molecule has 0 aromatic carbocycles. The van der Waals surface area contributed by atoms with Crippen LogP contribution in [0.3, 0.4) is 0 Å². The van der Waals surface area contributed by atoms with E-state index in [0.717, 1.165) is 36.8 Å². The van der Waals surface area contributed by atoms with Crippen molar-refractivity contribution < 1.29 is 27.6 Å². The van der Waals surface area contributed by atoms with Crippen molar-refractivity contribution in [2.75, 3.05) is 19.6 Å². The van der Waals surface area contributed by atoms with Gasteiger partial charge in [0, 0.05) is 31.6 Å². The van der Waals surface area contributed by atoms with Crippen LogP contribution in [0.1, 0.15) is 34.6 Å². The molecular weight excluding hydrogens is 530 g/mol. The van der Waals surface area contributed by atoms with E-state index >= 15 is 0 Å². The molecule has 37 heavy (non-hydrogen) atoms. The van der Waals surface area contributed by atoms with Crippen molar-refractivity contribution >= 4 is 53.6 Å². The van der Waals surface area contributed by atoms with Crippen LogP contribution in [0.15, 0.2) is 11.3 Å². The fourth-order valence-electron chi connectivity index (χ4n) is 5.96. The minimum absolute atomic E-state index is 0.0101. The molecule has 4 aliphatic rings. The van der Waals surface area contributed by atoms with Crippen LogP contribution in [-0.4, -0.2) is 90.2 Å². The van der Waals surface area contributed by atoms with Crippen LogP contribution in [0, 0.1) is 11.8 Å². The highest BCUT2D eigenvalue weighted by Crippen LogP contribution is 2.49. The van der Waals surface area contributed by atoms with Gasteiger partial charge in [0.05, 0.1) is 18.1 Å². The first-order valence-corrected chi connectivity index (χ1v) is 17.6. The lowest BCUT2D eigenvalue weighted by Crippen LogP contribution is -2.65. The number of fused-ring (bicyclic) bond motifs is 1. The highest BCUT2D eigenvalue weighted by molar-refractivity contribution is 7.47. The second kappa shape index (κ2) is 12.4. The maximum atomic E-state index is 13.5. The lowest BCUT2D eigenvalue weighted by Gasteiger charge is -2.49. The Morgan fingerprint density at radius 3 is 2.46 bits per heavy atom. The zero-order valence-electron chi connectivity index (χ0n) is 22.2. The minimum atomic E-state index is -1.89. The van der Waals surface area contributed by atoms with E-state index in [1.54, 1.807) is 4.90 Å². The van der Waals surface area contributed by atoms with Crippen LogP contribution in [0.5, 0.6) is 0 Å². The fraction of sp³-hybridized carbons (Fsp3) is 0.810. The van der Waals surface area contributed by atoms with E-state index in [-0.39, 0.29) is 44.9 Å². The van der Waals surface area contributed by atoms with Crippen LogP contribution in [0.4, 0.5) is 0 Å². The Balaban J connectivity index is 1.43. The molecule has 4 rings (SSSR count). The Morgan fingerprint density at radius 1 is 1.24 bits per heavy atom. The Labute approximate surface area is 226 Å². The molecule has 0 spiro atoms. The summed E-state index contributed by atoms with van der Waals surface area (Å²) >= 11 is 0. The molecule has 2 unspecified atom stereocenters. The molecule has 0 aromatic rings. The molecule has 202 valence electrons. The molecule has 4 radical (unpaired) electrons. The van der Waals surface area contributed by atoms with Gasteiger partial charge in [-0.3, -0.25) is 24.1 Å². The third-order valence-electron chi connectivity index (χ3n) is 8.28. The molecule has 1 amide bonds. The molecule has 3 saturated heterocycles. The van der Waals surface area contributed by atoms with Gasteiger partial charge in [0.2, 0.25) is 20.8 Å². The van der Waals surface area contributed by atoms with Crippen molar-refractivity contribution in [3.63, 3.8) is 0 Å². The Hall–Kier alpha value is -0.393. The maximum Gasteiger partial charge on any atom is 0.358 e. The quantitative estimate of drug-likeness (QED) is 0.162. The second-order valence-electron chi connectivity index (χ2n) is 10.1. The van der Waals surface area contributed by atoms with Crippen LogP contribution >= 0.6 is 17.5 Å². The molecule has 11 nitrogen and oxygen atoms in total. The molecule has 3 N–H and O–H groups in total. The van der Waals surface area contributed by atoms with Crippen LogP contribution in [-0.2, 0) is 27.6 Å². The zero-order valence-corrected chi connectivity index (χ0v) is 25.0. The van der Waals surface area contributed by atoms with Crippen LogP contribution in [0.2, 0.25) is 18.1 Å². The summed E-state index contributed by atoms with van der Waals surface area (Å²) in [5.41, 5.74) is 1.29. The van der Waals surface area contributed by atoms with E-state index < -0.39 is 29.2 Å². The molecule has 16 heteroatoms. The second-order valence-corrected chi connectivity index (χ2v) is 16.7. The lowest BCUT2D eigenvalue weighted by atomic mass is 9.77. The summed E-state index contributed by atoms with van der Waals surface area (Å²) < 4.78 is 22.9. The number of amides is 1. The first-order valence-electron chi connectivity index (χ1n) is 13.0. The SMILES string of the molecule is [B]NPOC(=O)C1=C(CN2CC(NC3OP(N[B])O3)C2)[C@H](C)[C@@H]2C([C@@H](C)O[Si](CC)(CC)CC)C(=O)N12. The highest BCUT2D eigenvalue weighted by atomic mass is 31.2. The summed E-state index contributed by atoms with van der Waals surface area (Å²) in [6.07, 6.45) is -0.651. The topological polar surface area (TPSA) is 114 Å². The monoisotopic (exact) mass is 567 g/mol. The van der Waals surface area contributed by atoms with E-state index in [1.165, 1.54) is 0 Å². The summed E-state index contributed by atoms with van der Waals surface area (Å²) in [5, 5.41) is 3.27. The van der Waals surface area contributed by atoms with Crippen molar-refractivity contribution in [3.8, 4) is 0 Å². The van der Waals surface area contributed by atoms with Crippen molar-refractivity contribution in [1.82, 2.24) is 25.1 Å². The molecular formula is C21H37B2N5O6P2Si. The molecule has 0 aliphatic carbocycles. The van der Waals surface area contributed by atoms with Gasteiger partial charge in [-0.25, -0.2) is 4.79 Å². The van der Waals surface area contributed by atoms with Gasteiger partial charge in [-0.2, -0.15) is 0 Å². The van der Waals surface area contributed by atoms with Gasteiger partial charge < -0.3 is 23.8 Å². The van der Waals surface area contributed by atoms with E-state index in [4.69, 9.17) is 34.0 Å². The van der Waals surface area contributed by atoms with Gasteiger partial charge in [-0.15, -0.1) is 0 Å². The summed E-state index contributed by atoms with van der Waals surface area (Å²) in [6, 6.07) is 3.16. The van der Waals surface area contributed by atoms with Crippen molar-refractivity contribution in [2.45, 2.75) is 77.4 Å². The number of nitrogens with one attached hydrogen (secondary N) is 3. The number of hydrogen-bond donors (Lipinski definition) is 3. The third kappa shape index (κ3) is 5.75. The number of rotatable bonds is 14. The van der Waals surface area contributed by atoms with Gasteiger partial charge in [-0.05, 0) is 30.6 Å². The number of likely N-dealkylation sites (tertiary alicyclic amines) is 1. The predicted octanol–water partition coefficient (Wildman–Crippen LogP) is 1.36. The highest BCUT2D eigenvalue weighted by Gasteiger charge is 2.61. The molecule has 4 aliphatic heterocycles. The van der Waals surface area contributed by atoms with Crippen molar-refractivity contribution in [2.24, 2.45) is 11.8 Å². The smallest absolute Gasteiger partial charge is 0.358 e. The fourth-order valence-corrected chi connectivity index (χ4v) is 9.75. The number of β-lactam (4-membered cyclic amide) rings is 1. The van der Waals surface area contributed by atoms with E-state index in [9.17, 15) is 9.59 Å². The summed E-state index contributed by atoms with van der Waals surface area (Å²) in [7, 11) is 7.16. The number of carbonyl (C=O) groups is 2. The van der Waals surface area contributed by atoms with Crippen LogP contribution in [0.25, 0.3) is 0 Å².